The topological polar surface area (TPSA) is 75.1 Å². The van der Waals surface area contributed by atoms with Gasteiger partial charge in [-0.3, -0.25) is 9.20 Å². The number of nitrogens with one attached hydrogen (secondary N) is 2. The second kappa shape index (κ2) is 6.60. The van der Waals surface area contributed by atoms with Gasteiger partial charge in [-0.25, -0.2) is 10.1 Å². The van der Waals surface area contributed by atoms with Crippen LogP contribution in [-0.4, -0.2) is 30.7 Å². The second-order valence-electron chi connectivity index (χ2n) is 5.73. The molecule has 2 aromatic heterocycles. The van der Waals surface area contributed by atoms with Crippen molar-refractivity contribution in [2.24, 2.45) is 0 Å². The lowest BCUT2D eigenvalue weighted by molar-refractivity contribution is -0.120. The zero-order valence-corrected chi connectivity index (χ0v) is 14.5. The highest BCUT2D eigenvalue weighted by Gasteiger charge is 2.19. The summed E-state index contributed by atoms with van der Waals surface area (Å²) >= 11 is 1.41. The van der Waals surface area contributed by atoms with Crippen LogP contribution in [0.1, 0.15) is 12.5 Å². The van der Waals surface area contributed by atoms with Gasteiger partial charge in [0.1, 0.15) is 0 Å². The Bertz CT molecular complexity index is 1020. The third-order valence-electron chi connectivity index (χ3n) is 3.96. The number of aromatic nitrogens is 4. The van der Waals surface area contributed by atoms with Gasteiger partial charge in [0.15, 0.2) is 5.16 Å². The summed E-state index contributed by atoms with van der Waals surface area (Å²) < 4.78 is 1.95. The van der Waals surface area contributed by atoms with Gasteiger partial charge in [0.05, 0.1) is 16.3 Å². The highest BCUT2D eigenvalue weighted by molar-refractivity contribution is 8.00. The normalized spacial score (nSPS) is 12.5. The SMILES string of the molecule is CC(Sc1n[nH]c2nc3ccccc3n12)C(=O)NCc1ccccc1. The lowest BCUT2D eigenvalue weighted by Gasteiger charge is -2.11. The molecule has 1 unspecified atom stereocenters. The Hall–Kier alpha value is -2.80. The van der Waals surface area contributed by atoms with Crippen LogP contribution in [0.15, 0.2) is 59.8 Å². The fourth-order valence-electron chi connectivity index (χ4n) is 2.66. The first-order valence-corrected chi connectivity index (χ1v) is 8.90. The molecule has 6 nitrogen and oxygen atoms in total. The van der Waals surface area contributed by atoms with Crippen LogP contribution in [0, 0.1) is 0 Å². The number of aromatic amines is 1. The molecule has 0 aliphatic heterocycles. The molecule has 0 fully saturated rings. The number of H-pyrrole nitrogens is 1. The van der Waals surface area contributed by atoms with Crippen LogP contribution in [0.4, 0.5) is 0 Å². The van der Waals surface area contributed by atoms with E-state index in [9.17, 15) is 4.79 Å². The Morgan fingerprint density at radius 3 is 2.80 bits per heavy atom. The Balaban J connectivity index is 1.49. The summed E-state index contributed by atoms with van der Waals surface area (Å²) in [5.74, 6) is 0.662. The molecule has 0 aliphatic carbocycles. The van der Waals surface area contributed by atoms with Gasteiger partial charge in [0.25, 0.3) is 0 Å². The highest BCUT2D eigenvalue weighted by atomic mass is 32.2. The molecule has 2 aromatic carbocycles. The first kappa shape index (κ1) is 15.7. The lowest BCUT2D eigenvalue weighted by atomic mass is 10.2. The summed E-state index contributed by atoms with van der Waals surface area (Å²) in [6.45, 7) is 2.40. The minimum absolute atomic E-state index is 0.0191. The molecule has 0 aliphatic rings. The number of nitrogens with zero attached hydrogens (tertiary/aromatic N) is 3. The van der Waals surface area contributed by atoms with Crippen LogP contribution in [-0.2, 0) is 11.3 Å². The quantitative estimate of drug-likeness (QED) is 0.542. The number of imidazole rings is 1. The van der Waals surface area contributed by atoms with Gasteiger partial charge >= 0.3 is 0 Å². The van der Waals surface area contributed by atoms with E-state index < -0.39 is 0 Å². The molecule has 7 heteroatoms. The number of para-hydroxylation sites is 2. The fraction of sp³-hybridized carbons (Fsp3) is 0.167. The van der Waals surface area contributed by atoms with Gasteiger partial charge in [0, 0.05) is 6.54 Å². The average molecular weight is 351 g/mol. The van der Waals surface area contributed by atoms with E-state index in [-0.39, 0.29) is 11.2 Å². The lowest BCUT2D eigenvalue weighted by Crippen LogP contribution is -2.30. The Kier molecular flexibility index (Phi) is 4.15. The molecular weight excluding hydrogens is 334 g/mol. The van der Waals surface area contributed by atoms with Crippen LogP contribution in [0.2, 0.25) is 0 Å². The summed E-state index contributed by atoms with van der Waals surface area (Å²) in [5, 5.41) is 10.7. The summed E-state index contributed by atoms with van der Waals surface area (Å²) in [7, 11) is 0. The molecule has 1 amide bonds. The van der Waals surface area contributed by atoms with E-state index in [2.05, 4.69) is 20.5 Å². The third-order valence-corrected chi connectivity index (χ3v) is 5.02. The van der Waals surface area contributed by atoms with Crippen molar-refractivity contribution < 1.29 is 4.79 Å². The summed E-state index contributed by atoms with van der Waals surface area (Å²) in [4.78, 5) is 16.9. The molecule has 4 rings (SSSR count). The van der Waals surface area contributed by atoms with E-state index >= 15 is 0 Å². The number of rotatable bonds is 5. The minimum atomic E-state index is -0.267. The molecule has 0 saturated carbocycles. The monoisotopic (exact) mass is 351 g/mol. The predicted molar refractivity (Wildman–Crippen MR) is 98.5 cm³/mol. The largest absolute Gasteiger partial charge is 0.351 e. The van der Waals surface area contributed by atoms with E-state index in [4.69, 9.17) is 0 Å². The van der Waals surface area contributed by atoms with Crippen LogP contribution < -0.4 is 5.32 Å². The fourth-order valence-corrected chi connectivity index (χ4v) is 3.56. The van der Waals surface area contributed by atoms with Gasteiger partial charge in [-0.05, 0) is 24.6 Å². The number of hydrogen-bond acceptors (Lipinski definition) is 4. The molecule has 2 N–H and O–H groups in total. The van der Waals surface area contributed by atoms with Crippen LogP contribution in [0.3, 0.4) is 0 Å². The molecule has 0 radical (unpaired) electrons. The number of hydrogen-bond donors (Lipinski definition) is 2. The summed E-state index contributed by atoms with van der Waals surface area (Å²) in [6, 6.07) is 17.7. The van der Waals surface area contributed by atoms with Gasteiger partial charge in [0.2, 0.25) is 11.7 Å². The van der Waals surface area contributed by atoms with Crippen molar-refractivity contribution in [2.75, 3.05) is 0 Å². The summed E-state index contributed by atoms with van der Waals surface area (Å²) in [6.07, 6.45) is 0. The van der Waals surface area contributed by atoms with Crippen molar-refractivity contribution in [3.63, 3.8) is 0 Å². The number of amides is 1. The Labute approximate surface area is 148 Å². The van der Waals surface area contributed by atoms with Crippen LogP contribution in [0.5, 0.6) is 0 Å². The van der Waals surface area contributed by atoms with Crippen LogP contribution >= 0.6 is 11.8 Å². The van der Waals surface area contributed by atoms with Crippen molar-refractivity contribution in [2.45, 2.75) is 23.9 Å². The molecule has 0 spiro atoms. The zero-order valence-electron chi connectivity index (χ0n) is 13.6. The van der Waals surface area contributed by atoms with E-state index in [1.807, 2.05) is 65.9 Å². The molecule has 2 heterocycles. The van der Waals surface area contributed by atoms with Crippen molar-refractivity contribution in [3.8, 4) is 0 Å². The van der Waals surface area contributed by atoms with E-state index in [0.717, 1.165) is 21.8 Å². The molecule has 4 aromatic rings. The predicted octanol–water partition coefficient (Wildman–Crippen LogP) is 3.01. The maximum Gasteiger partial charge on any atom is 0.233 e. The van der Waals surface area contributed by atoms with Crippen molar-refractivity contribution in [1.82, 2.24) is 24.9 Å². The maximum atomic E-state index is 12.4. The van der Waals surface area contributed by atoms with Crippen LogP contribution in [0.25, 0.3) is 16.8 Å². The molecular formula is C18H17N5OS. The first-order valence-electron chi connectivity index (χ1n) is 8.02. The second-order valence-corrected chi connectivity index (χ2v) is 7.04. The number of benzene rings is 2. The van der Waals surface area contributed by atoms with Gasteiger partial charge in [-0.1, -0.05) is 54.2 Å². The van der Waals surface area contributed by atoms with E-state index in [0.29, 0.717) is 12.3 Å². The third kappa shape index (κ3) is 3.10. The highest BCUT2D eigenvalue weighted by Crippen LogP contribution is 2.26. The van der Waals surface area contributed by atoms with Gasteiger partial charge in [-0.2, -0.15) is 0 Å². The van der Waals surface area contributed by atoms with E-state index in [1.165, 1.54) is 11.8 Å². The maximum absolute atomic E-state index is 12.4. The average Bonchev–Trinajstić information content (AvgIpc) is 3.20. The molecule has 126 valence electrons. The molecule has 0 saturated heterocycles. The Morgan fingerprint density at radius 2 is 1.96 bits per heavy atom. The standard InChI is InChI=1S/C18H17N5OS/c1-12(16(24)19-11-13-7-3-2-4-8-13)25-18-22-21-17-20-14-9-5-6-10-15(14)23(17)18/h2-10,12H,11H2,1H3,(H,19,24)(H,20,21). The zero-order chi connectivity index (χ0) is 17.2. The molecule has 0 bridgehead atoms. The number of carbonyl (C=O) groups is 1. The number of carbonyl (C=O) groups excluding carboxylic acids is 1. The minimum Gasteiger partial charge on any atom is -0.351 e. The number of thioether (sulfide) groups is 1. The van der Waals surface area contributed by atoms with Crippen molar-refractivity contribution >= 4 is 34.5 Å². The van der Waals surface area contributed by atoms with Gasteiger partial charge in [-0.15, -0.1) is 5.10 Å². The smallest absolute Gasteiger partial charge is 0.233 e. The van der Waals surface area contributed by atoms with Crippen molar-refractivity contribution in [3.05, 3.63) is 60.2 Å². The van der Waals surface area contributed by atoms with Gasteiger partial charge < -0.3 is 5.32 Å². The number of fused-ring (bicyclic) bond motifs is 3. The molecule has 1 atom stereocenters. The van der Waals surface area contributed by atoms with Crippen molar-refractivity contribution in [1.29, 1.82) is 0 Å². The Morgan fingerprint density at radius 1 is 1.20 bits per heavy atom. The first-order chi connectivity index (χ1) is 12.2. The molecule has 25 heavy (non-hydrogen) atoms. The van der Waals surface area contributed by atoms with E-state index in [1.54, 1.807) is 0 Å². The summed E-state index contributed by atoms with van der Waals surface area (Å²) in [5.41, 5.74) is 2.96.